The molecule has 8 heteroatoms. The SMILES string of the molecule is C=C(N)NCCC[C@H]1C(=O)N(C(=O)Nc2ccccc2-c2ccccc2)C1C(=O)O. The average molecular weight is 408 g/mol. The molecule has 8 nitrogen and oxygen atoms in total. The third-order valence-electron chi connectivity index (χ3n) is 4.98. The summed E-state index contributed by atoms with van der Waals surface area (Å²) in [4.78, 5) is 37.8. The normalized spacial score (nSPS) is 17.7. The Balaban J connectivity index is 1.71. The molecule has 3 rings (SSSR count). The Labute approximate surface area is 174 Å². The number of aliphatic carboxylic acids is 1. The summed E-state index contributed by atoms with van der Waals surface area (Å²) in [6, 6.07) is 14.7. The van der Waals surface area contributed by atoms with E-state index in [4.69, 9.17) is 5.73 Å². The molecule has 0 aliphatic carbocycles. The largest absolute Gasteiger partial charge is 0.480 e. The van der Waals surface area contributed by atoms with Crippen LogP contribution in [0, 0.1) is 5.92 Å². The number of carbonyl (C=O) groups is 3. The zero-order valence-corrected chi connectivity index (χ0v) is 16.4. The average Bonchev–Trinajstić information content (AvgIpc) is 2.72. The molecule has 0 spiro atoms. The number of nitrogens with two attached hydrogens (primary N) is 1. The van der Waals surface area contributed by atoms with Crippen LogP contribution in [0.25, 0.3) is 11.1 Å². The van der Waals surface area contributed by atoms with Crippen molar-refractivity contribution in [2.45, 2.75) is 18.9 Å². The van der Waals surface area contributed by atoms with Gasteiger partial charge in [-0.3, -0.25) is 4.79 Å². The summed E-state index contributed by atoms with van der Waals surface area (Å²) in [6.07, 6.45) is 0.864. The number of nitrogens with one attached hydrogen (secondary N) is 2. The summed E-state index contributed by atoms with van der Waals surface area (Å²) in [5, 5.41) is 15.1. The van der Waals surface area contributed by atoms with E-state index in [0.29, 0.717) is 30.9 Å². The first-order chi connectivity index (χ1) is 14.4. The molecule has 0 bridgehead atoms. The first kappa shape index (κ1) is 20.9. The monoisotopic (exact) mass is 408 g/mol. The molecule has 2 aromatic carbocycles. The fourth-order valence-electron chi connectivity index (χ4n) is 3.55. The second-order valence-corrected chi connectivity index (χ2v) is 7.03. The van der Waals surface area contributed by atoms with Gasteiger partial charge in [0.1, 0.15) is 0 Å². The number of hydrogen-bond acceptors (Lipinski definition) is 5. The standard InChI is InChI=1S/C22H24N4O4/c1-14(23)24-13-7-11-17-19(21(28)29)26(20(17)27)22(30)25-18-12-6-5-10-16(18)15-8-3-2-4-9-15/h2-6,8-10,12,17,19,24H,1,7,11,13,23H2,(H,25,30)(H,28,29)/t17-,19?/m1/s1. The van der Waals surface area contributed by atoms with Gasteiger partial charge in [-0.2, -0.15) is 0 Å². The summed E-state index contributed by atoms with van der Waals surface area (Å²) in [7, 11) is 0. The van der Waals surface area contributed by atoms with Gasteiger partial charge in [0.05, 0.1) is 17.4 Å². The summed E-state index contributed by atoms with van der Waals surface area (Å²) in [5.41, 5.74) is 7.59. The maximum Gasteiger partial charge on any atom is 0.329 e. The predicted octanol–water partition coefficient (Wildman–Crippen LogP) is 2.60. The van der Waals surface area contributed by atoms with Crippen molar-refractivity contribution in [3.05, 3.63) is 67.0 Å². The smallest absolute Gasteiger partial charge is 0.329 e. The van der Waals surface area contributed by atoms with E-state index in [-0.39, 0.29) is 0 Å². The Morgan fingerprint density at radius 2 is 1.77 bits per heavy atom. The molecule has 1 aliphatic heterocycles. The van der Waals surface area contributed by atoms with Crippen molar-refractivity contribution in [2.24, 2.45) is 11.7 Å². The summed E-state index contributed by atoms with van der Waals surface area (Å²) < 4.78 is 0. The highest BCUT2D eigenvalue weighted by Gasteiger charge is 2.54. The van der Waals surface area contributed by atoms with Gasteiger partial charge in [-0.25, -0.2) is 14.5 Å². The van der Waals surface area contributed by atoms with E-state index in [9.17, 15) is 19.5 Å². The van der Waals surface area contributed by atoms with Gasteiger partial charge in [-0.15, -0.1) is 0 Å². The second kappa shape index (κ2) is 9.13. The van der Waals surface area contributed by atoms with Crippen molar-refractivity contribution < 1.29 is 19.5 Å². The highest BCUT2D eigenvalue weighted by molar-refractivity contribution is 6.11. The molecule has 1 unspecified atom stereocenters. The Hall–Kier alpha value is -3.81. The van der Waals surface area contributed by atoms with E-state index in [2.05, 4.69) is 17.2 Å². The first-order valence-corrected chi connectivity index (χ1v) is 9.59. The van der Waals surface area contributed by atoms with Crippen molar-refractivity contribution in [3.63, 3.8) is 0 Å². The second-order valence-electron chi connectivity index (χ2n) is 7.03. The quantitative estimate of drug-likeness (QED) is 0.393. The number of carbonyl (C=O) groups excluding carboxylic acids is 2. The molecular formula is C22H24N4O4. The van der Waals surface area contributed by atoms with Crippen LogP contribution in [0.4, 0.5) is 10.5 Å². The van der Waals surface area contributed by atoms with E-state index in [1.807, 2.05) is 42.5 Å². The van der Waals surface area contributed by atoms with Crippen LogP contribution in [0.3, 0.4) is 0 Å². The lowest BCUT2D eigenvalue weighted by atomic mass is 9.84. The number of carboxylic acids is 1. The van der Waals surface area contributed by atoms with Crippen LogP contribution in [0.2, 0.25) is 0 Å². The van der Waals surface area contributed by atoms with Crippen molar-refractivity contribution in [3.8, 4) is 11.1 Å². The van der Waals surface area contributed by atoms with Crippen molar-refractivity contribution in [1.29, 1.82) is 0 Å². The number of hydrogen-bond donors (Lipinski definition) is 4. The molecule has 2 aromatic rings. The number of nitrogens with zero attached hydrogens (tertiary/aromatic N) is 1. The van der Waals surface area contributed by atoms with Crippen molar-refractivity contribution in [1.82, 2.24) is 10.2 Å². The Morgan fingerprint density at radius 3 is 2.43 bits per heavy atom. The lowest BCUT2D eigenvalue weighted by molar-refractivity contribution is -0.165. The number of imide groups is 1. The number of para-hydroxylation sites is 1. The molecule has 0 saturated carbocycles. The van der Waals surface area contributed by atoms with Gasteiger partial charge in [0, 0.05) is 12.1 Å². The van der Waals surface area contributed by atoms with E-state index in [1.54, 1.807) is 12.1 Å². The summed E-state index contributed by atoms with van der Waals surface area (Å²) >= 11 is 0. The molecule has 2 atom stereocenters. The molecule has 5 N–H and O–H groups in total. The van der Waals surface area contributed by atoms with Crippen LogP contribution >= 0.6 is 0 Å². The highest BCUT2D eigenvalue weighted by atomic mass is 16.4. The number of amides is 3. The summed E-state index contributed by atoms with van der Waals surface area (Å²) in [5.74, 6) is -2.14. The van der Waals surface area contributed by atoms with Crippen molar-refractivity contribution >= 4 is 23.6 Å². The number of anilines is 1. The van der Waals surface area contributed by atoms with Crippen LogP contribution in [0.5, 0.6) is 0 Å². The van der Waals surface area contributed by atoms with Crippen LogP contribution in [-0.4, -0.2) is 40.5 Å². The van der Waals surface area contributed by atoms with Crippen LogP contribution < -0.4 is 16.4 Å². The number of likely N-dealkylation sites (tertiary alicyclic amines) is 1. The Morgan fingerprint density at radius 1 is 1.10 bits per heavy atom. The fourth-order valence-corrected chi connectivity index (χ4v) is 3.55. The zero-order valence-electron chi connectivity index (χ0n) is 16.4. The third-order valence-corrected chi connectivity index (χ3v) is 4.98. The maximum atomic E-state index is 12.8. The minimum Gasteiger partial charge on any atom is -0.480 e. The van der Waals surface area contributed by atoms with Gasteiger partial charge in [0.15, 0.2) is 6.04 Å². The number of urea groups is 1. The molecule has 3 amide bonds. The van der Waals surface area contributed by atoms with Crippen LogP contribution in [0.1, 0.15) is 12.8 Å². The van der Waals surface area contributed by atoms with Crippen LogP contribution in [0.15, 0.2) is 67.0 Å². The molecule has 1 aliphatic rings. The molecule has 1 fully saturated rings. The number of rotatable bonds is 8. The van der Waals surface area contributed by atoms with Crippen molar-refractivity contribution in [2.75, 3.05) is 11.9 Å². The molecule has 156 valence electrons. The van der Waals surface area contributed by atoms with E-state index in [1.165, 1.54) is 0 Å². The topological polar surface area (TPSA) is 125 Å². The maximum absolute atomic E-state index is 12.8. The Kier molecular flexibility index (Phi) is 6.36. The lowest BCUT2D eigenvalue weighted by Gasteiger charge is -2.42. The number of carboxylic acid groups (broad SMARTS) is 1. The Bertz CT molecular complexity index is 961. The molecule has 1 heterocycles. The molecule has 30 heavy (non-hydrogen) atoms. The van der Waals surface area contributed by atoms with Gasteiger partial charge < -0.3 is 21.5 Å². The van der Waals surface area contributed by atoms with E-state index < -0.39 is 29.9 Å². The predicted molar refractivity (Wildman–Crippen MR) is 113 cm³/mol. The van der Waals surface area contributed by atoms with Gasteiger partial charge in [0.25, 0.3) is 0 Å². The molecule has 0 radical (unpaired) electrons. The molecule has 1 saturated heterocycles. The first-order valence-electron chi connectivity index (χ1n) is 9.59. The fraction of sp³-hybridized carbons (Fsp3) is 0.227. The van der Waals surface area contributed by atoms with Crippen LogP contribution in [-0.2, 0) is 9.59 Å². The molecular weight excluding hydrogens is 384 g/mol. The van der Waals surface area contributed by atoms with Gasteiger partial charge in [-0.1, -0.05) is 55.1 Å². The lowest BCUT2D eigenvalue weighted by Crippen LogP contribution is -2.67. The van der Waals surface area contributed by atoms with Gasteiger partial charge >= 0.3 is 12.0 Å². The third kappa shape index (κ3) is 4.43. The van der Waals surface area contributed by atoms with Gasteiger partial charge in [0.2, 0.25) is 5.91 Å². The molecule has 0 aromatic heterocycles. The van der Waals surface area contributed by atoms with E-state index >= 15 is 0 Å². The minimum absolute atomic E-state index is 0.308. The minimum atomic E-state index is -1.21. The summed E-state index contributed by atoms with van der Waals surface area (Å²) in [6.45, 7) is 3.99. The highest BCUT2D eigenvalue weighted by Crippen LogP contribution is 2.33. The number of benzene rings is 2. The van der Waals surface area contributed by atoms with E-state index in [0.717, 1.165) is 16.0 Å². The number of β-lactam (4-membered cyclic amide) rings is 1. The zero-order chi connectivity index (χ0) is 21.7. The van der Waals surface area contributed by atoms with Gasteiger partial charge in [-0.05, 0) is 24.5 Å².